The predicted octanol–water partition coefficient (Wildman–Crippen LogP) is 3.33. The highest BCUT2D eigenvalue weighted by Crippen LogP contribution is 2.21. The van der Waals surface area contributed by atoms with Gasteiger partial charge in [0.1, 0.15) is 5.82 Å². The van der Waals surface area contributed by atoms with Crippen molar-refractivity contribution in [3.63, 3.8) is 0 Å². The maximum absolute atomic E-state index is 13.2. The van der Waals surface area contributed by atoms with E-state index in [2.05, 4.69) is 46.1 Å². The number of fused-ring (bicyclic) bond motifs is 1. The van der Waals surface area contributed by atoms with Crippen molar-refractivity contribution in [3.05, 3.63) is 65.9 Å². The first-order valence-corrected chi connectivity index (χ1v) is 7.15. The second-order valence-electron chi connectivity index (χ2n) is 5.09. The summed E-state index contributed by atoms with van der Waals surface area (Å²) < 4.78 is 15.4. The van der Waals surface area contributed by atoms with E-state index in [1.165, 1.54) is 23.2 Å². The first-order valence-electron chi connectivity index (χ1n) is 7.15. The molecule has 1 aromatic carbocycles. The van der Waals surface area contributed by atoms with Crippen LogP contribution in [-0.2, 0) is 13.1 Å². The van der Waals surface area contributed by atoms with Crippen LogP contribution in [0.5, 0.6) is 0 Å². The largest absolute Gasteiger partial charge is 0.343 e. The smallest absolute Gasteiger partial charge is 0.141 e. The van der Waals surface area contributed by atoms with E-state index in [4.69, 9.17) is 0 Å². The molecule has 0 unspecified atom stereocenters. The number of nitrogens with one attached hydrogen (secondary N) is 1. The molecule has 1 N–H and O–H groups in total. The fraction of sp³-hybridized carbons (Fsp3) is 0.235. The summed E-state index contributed by atoms with van der Waals surface area (Å²) in [6, 6.07) is 9.95. The fourth-order valence-electron chi connectivity index (χ4n) is 2.58. The number of rotatable bonds is 5. The van der Waals surface area contributed by atoms with Gasteiger partial charge in [-0.25, -0.2) is 4.39 Å². The summed E-state index contributed by atoms with van der Waals surface area (Å²) >= 11 is 0. The van der Waals surface area contributed by atoms with Gasteiger partial charge in [0.05, 0.1) is 6.20 Å². The SMILES string of the molecule is CCNCc1cccc2c1ccn2Cc1cncc(F)c1. The number of hydrogen-bond acceptors (Lipinski definition) is 2. The number of benzene rings is 1. The Balaban J connectivity index is 1.93. The Morgan fingerprint density at radius 1 is 1.24 bits per heavy atom. The van der Waals surface area contributed by atoms with E-state index < -0.39 is 0 Å². The highest BCUT2D eigenvalue weighted by atomic mass is 19.1. The van der Waals surface area contributed by atoms with Gasteiger partial charge < -0.3 is 9.88 Å². The van der Waals surface area contributed by atoms with Crippen LogP contribution in [-0.4, -0.2) is 16.1 Å². The van der Waals surface area contributed by atoms with E-state index in [-0.39, 0.29) is 5.82 Å². The third kappa shape index (κ3) is 2.95. The quantitative estimate of drug-likeness (QED) is 0.778. The molecule has 4 heteroatoms. The van der Waals surface area contributed by atoms with Crippen molar-refractivity contribution in [1.29, 1.82) is 0 Å². The van der Waals surface area contributed by atoms with Crippen molar-refractivity contribution in [3.8, 4) is 0 Å². The molecule has 0 amide bonds. The van der Waals surface area contributed by atoms with E-state index in [9.17, 15) is 4.39 Å². The maximum Gasteiger partial charge on any atom is 0.141 e. The van der Waals surface area contributed by atoms with E-state index in [0.29, 0.717) is 6.54 Å². The van der Waals surface area contributed by atoms with Crippen LogP contribution in [0, 0.1) is 5.82 Å². The molecule has 108 valence electrons. The lowest BCUT2D eigenvalue weighted by molar-refractivity contribution is 0.617. The summed E-state index contributed by atoms with van der Waals surface area (Å²) in [6.07, 6.45) is 4.98. The van der Waals surface area contributed by atoms with Gasteiger partial charge in [0, 0.05) is 36.4 Å². The zero-order valence-electron chi connectivity index (χ0n) is 12.0. The Kier molecular flexibility index (Phi) is 3.97. The molecule has 0 radical (unpaired) electrons. The lowest BCUT2D eigenvalue weighted by Crippen LogP contribution is -2.11. The van der Waals surface area contributed by atoms with E-state index in [1.54, 1.807) is 6.20 Å². The molecule has 0 bridgehead atoms. The molecule has 21 heavy (non-hydrogen) atoms. The molecule has 0 aliphatic rings. The average molecular weight is 283 g/mol. The van der Waals surface area contributed by atoms with Crippen LogP contribution in [0.1, 0.15) is 18.1 Å². The van der Waals surface area contributed by atoms with Crippen LogP contribution >= 0.6 is 0 Å². The summed E-state index contributed by atoms with van der Waals surface area (Å²) in [7, 11) is 0. The van der Waals surface area contributed by atoms with Gasteiger partial charge in [-0.2, -0.15) is 0 Å². The van der Waals surface area contributed by atoms with Crippen LogP contribution in [0.2, 0.25) is 0 Å². The molecule has 0 aliphatic heterocycles. The minimum atomic E-state index is -0.295. The van der Waals surface area contributed by atoms with Crippen LogP contribution in [0.3, 0.4) is 0 Å². The molecule has 0 atom stereocenters. The standard InChI is InChI=1S/C17H18FN3/c1-2-19-10-14-4-3-5-17-16(14)6-7-21(17)12-13-8-15(18)11-20-9-13/h3-9,11,19H,2,10,12H2,1H3. The normalized spacial score (nSPS) is 11.1. The van der Waals surface area contributed by atoms with Crippen LogP contribution in [0.25, 0.3) is 10.9 Å². The molecule has 0 fully saturated rings. The van der Waals surface area contributed by atoms with Gasteiger partial charge in [0.25, 0.3) is 0 Å². The number of pyridine rings is 1. The summed E-state index contributed by atoms with van der Waals surface area (Å²) in [5, 5.41) is 4.59. The monoisotopic (exact) mass is 283 g/mol. The first kappa shape index (κ1) is 13.8. The van der Waals surface area contributed by atoms with E-state index >= 15 is 0 Å². The van der Waals surface area contributed by atoms with Gasteiger partial charge in [-0.1, -0.05) is 19.1 Å². The molecular formula is C17H18FN3. The van der Waals surface area contributed by atoms with Gasteiger partial charge in [-0.15, -0.1) is 0 Å². The molecule has 0 saturated carbocycles. The fourth-order valence-corrected chi connectivity index (χ4v) is 2.58. The Morgan fingerprint density at radius 2 is 2.14 bits per heavy atom. The molecule has 3 nitrogen and oxygen atoms in total. The minimum absolute atomic E-state index is 0.295. The van der Waals surface area contributed by atoms with Gasteiger partial charge in [-0.3, -0.25) is 4.98 Å². The lowest BCUT2D eigenvalue weighted by Gasteiger charge is -2.08. The Labute approximate surface area is 123 Å². The maximum atomic E-state index is 13.2. The minimum Gasteiger partial charge on any atom is -0.343 e. The van der Waals surface area contributed by atoms with Crippen molar-refractivity contribution in [2.45, 2.75) is 20.0 Å². The van der Waals surface area contributed by atoms with Crippen LogP contribution < -0.4 is 5.32 Å². The molecule has 0 saturated heterocycles. The van der Waals surface area contributed by atoms with Crippen LogP contribution in [0.4, 0.5) is 4.39 Å². The predicted molar refractivity (Wildman–Crippen MR) is 82.6 cm³/mol. The number of halogens is 1. The van der Waals surface area contributed by atoms with Crippen molar-refractivity contribution >= 4 is 10.9 Å². The molecule has 3 aromatic rings. The first-order chi connectivity index (χ1) is 10.3. The van der Waals surface area contributed by atoms with Gasteiger partial charge in [0.2, 0.25) is 0 Å². The van der Waals surface area contributed by atoms with Gasteiger partial charge >= 0.3 is 0 Å². The third-order valence-electron chi connectivity index (χ3n) is 3.58. The topological polar surface area (TPSA) is 29.9 Å². The van der Waals surface area contributed by atoms with E-state index in [1.807, 2.05) is 6.20 Å². The molecule has 2 heterocycles. The molecular weight excluding hydrogens is 265 g/mol. The van der Waals surface area contributed by atoms with Crippen LogP contribution in [0.15, 0.2) is 48.9 Å². The highest BCUT2D eigenvalue weighted by Gasteiger charge is 2.06. The Bertz CT molecular complexity index is 749. The molecule has 3 rings (SSSR count). The average Bonchev–Trinajstić information content (AvgIpc) is 2.89. The van der Waals surface area contributed by atoms with Crippen molar-refractivity contribution in [2.24, 2.45) is 0 Å². The number of hydrogen-bond donors (Lipinski definition) is 1. The molecule has 0 spiro atoms. The summed E-state index contributed by atoms with van der Waals surface area (Å²) in [5.41, 5.74) is 3.31. The van der Waals surface area contributed by atoms with Crippen molar-refractivity contribution in [2.75, 3.05) is 6.54 Å². The highest BCUT2D eigenvalue weighted by molar-refractivity contribution is 5.83. The number of nitrogens with zero attached hydrogens (tertiary/aromatic N) is 2. The van der Waals surface area contributed by atoms with Gasteiger partial charge in [-0.05, 0) is 35.9 Å². The van der Waals surface area contributed by atoms with Gasteiger partial charge in [0.15, 0.2) is 0 Å². The Hall–Kier alpha value is -2.20. The van der Waals surface area contributed by atoms with Crippen molar-refractivity contribution in [1.82, 2.24) is 14.9 Å². The lowest BCUT2D eigenvalue weighted by atomic mass is 10.1. The zero-order chi connectivity index (χ0) is 14.7. The Morgan fingerprint density at radius 3 is 2.95 bits per heavy atom. The summed E-state index contributed by atoms with van der Waals surface area (Å²) in [4.78, 5) is 3.90. The summed E-state index contributed by atoms with van der Waals surface area (Å²) in [6.45, 7) is 4.53. The third-order valence-corrected chi connectivity index (χ3v) is 3.58. The second kappa shape index (κ2) is 6.06. The van der Waals surface area contributed by atoms with E-state index in [0.717, 1.165) is 24.2 Å². The van der Waals surface area contributed by atoms with Crippen molar-refractivity contribution < 1.29 is 4.39 Å². The number of aromatic nitrogens is 2. The second-order valence-corrected chi connectivity index (χ2v) is 5.09. The molecule has 2 aromatic heterocycles. The summed E-state index contributed by atoms with van der Waals surface area (Å²) in [5.74, 6) is -0.295. The zero-order valence-corrected chi connectivity index (χ0v) is 12.0. The molecule has 0 aliphatic carbocycles.